The first-order valence-corrected chi connectivity index (χ1v) is 10.0. The van der Waals surface area contributed by atoms with Crippen molar-refractivity contribution in [2.75, 3.05) is 12.3 Å². The van der Waals surface area contributed by atoms with Crippen molar-refractivity contribution in [3.63, 3.8) is 0 Å². The molecule has 0 bridgehead atoms. The second-order valence-corrected chi connectivity index (χ2v) is 6.97. The van der Waals surface area contributed by atoms with Gasteiger partial charge in [-0.2, -0.15) is 0 Å². The van der Waals surface area contributed by atoms with Gasteiger partial charge >= 0.3 is 11.7 Å². The summed E-state index contributed by atoms with van der Waals surface area (Å²) in [6.45, 7) is 1.75. The fraction of sp³-hybridized carbons (Fsp3) is 0.217. The van der Waals surface area contributed by atoms with Gasteiger partial charge in [0.05, 0.1) is 5.56 Å². The van der Waals surface area contributed by atoms with Gasteiger partial charge in [-0.05, 0) is 36.2 Å². The molecule has 0 fully saturated rings. The molecule has 0 atom stereocenters. The van der Waals surface area contributed by atoms with Gasteiger partial charge in [-0.15, -0.1) is 0 Å². The summed E-state index contributed by atoms with van der Waals surface area (Å²) in [5.74, 6) is -1.23. The highest BCUT2D eigenvalue weighted by molar-refractivity contribution is 6.02. The van der Waals surface area contributed by atoms with E-state index in [1.165, 1.54) is 12.1 Å². The maximum atomic E-state index is 12.5. The molecule has 3 N–H and O–H groups in total. The lowest BCUT2D eigenvalue weighted by Gasteiger charge is -2.11. The number of nitrogens with zero attached hydrogens (tertiary/aromatic N) is 1. The molecule has 0 aliphatic carbocycles. The van der Waals surface area contributed by atoms with E-state index < -0.39 is 35.2 Å². The first-order valence-electron chi connectivity index (χ1n) is 10.0. The Morgan fingerprint density at radius 2 is 1.72 bits per heavy atom. The van der Waals surface area contributed by atoms with Crippen LogP contribution in [-0.2, 0) is 17.9 Å². The number of nitrogens with two attached hydrogens (primary N) is 1. The van der Waals surface area contributed by atoms with E-state index >= 15 is 0 Å². The normalized spacial score (nSPS) is 10.5. The molecule has 9 nitrogen and oxygen atoms in total. The lowest BCUT2D eigenvalue weighted by atomic mass is 10.2. The summed E-state index contributed by atoms with van der Waals surface area (Å²) in [6, 6.07) is 15.9. The average molecular weight is 437 g/mol. The van der Waals surface area contributed by atoms with E-state index in [4.69, 9.17) is 15.2 Å². The Morgan fingerprint density at radius 1 is 1.03 bits per heavy atom. The van der Waals surface area contributed by atoms with Gasteiger partial charge in [0.15, 0.2) is 6.61 Å². The first-order chi connectivity index (χ1) is 15.4. The summed E-state index contributed by atoms with van der Waals surface area (Å²) in [7, 11) is 0. The number of aromatic nitrogens is 2. The number of H-pyrrole nitrogens is 1. The van der Waals surface area contributed by atoms with Gasteiger partial charge in [-0.3, -0.25) is 19.1 Å². The van der Waals surface area contributed by atoms with Gasteiger partial charge in [0.25, 0.3) is 5.56 Å². The Bertz CT molecular complexity index is 1210. The number of nitrogen functional groups attached to an aromatic ring is 1. The zero-order chi connectivity index (χ0) is 23.1. The second-order valence-electron chi connectivity index (χ2n) is 6.97. The van der Waals surface area contributed by atoms with Crippen LogP contribution < -0.4 is 21.7 Å². The molecular formula is C23H23N3O6. The van der Waals surface area contributed by atoms with Crippen LogP contribution in [0.1, 0.15) is 39.6 Å². The van der Waals surface area contributed by atoms with Crippen molar-refractivity contribution >= 4 is 17.6 Å². The van der Waals surface area contributed by atoms with E-state index in [0.717, 1.165) is 10.1 Å². The van der Waals surface area contributed by atoms with Crippen molar-refractivity contribution in [1.82, 2.24) is 9.55 Å². The van der Waals surface area contributed by atoms with Gasteiger partial charge in [-0.25, -0.2) is 9.59 Å². The van der Waals surface area contributed by atoms with E-state index in [1.54, 1.807) is 12.1 Å². The summed E-state index contributed by atoms with van der Waals surface area (Å²) in [5, 5.41) is 0. The number of ketones is 1. The number of aromatic amines is 1. The van der Waals surface area contributed by atoms with E-state index in [0.29, 0.717) is 18.8 Å². The molecule has 3 rings (SSSR count). The SMILES string of the molecule is CCCn1c(N)c(C(=O)COC(=O)c2ccc(OCc3ccccc3)cc2)c(=O)[nH]c1=O. The minimum absolute atomic E-state index is 0.211. The predicted octanol–water partition coefficient (Wildman–Crippen LogP) is 2.15. The molecule has 3 aromatic rings. The molecule has 0 saturated heterocycles. The summed E-state index contributed by atoms with van der Waals surface area (Å²) in [6.07, 6.45) is 0.573. The van der Waals surface area contributed by atoms with Crippen LogP contribution in [0.2, 0.25) is 0 Å². The van der Waals surface area contributed by atoms with Crippen molar-refractivity contribution in [3.8, 4) is 5.75 Å². The number of nitrogens with one attached hydrogen (secondary N) is 1. The lowest BCUT2D eigenvalue weighted by Crippen LogP contribution is -2.37. The van der Waals surface area contributed by atoms with Crippen molar-refractivity contribution in [1.29, 1.82) is 0 Å². The van der Waals surface area contributed by atoms with Crippen LogP contribution in [0.5, 0.6) is 5.75 Å². The molecular weight excluding hydrogens is 414 g/mol. The standard InChI is InChI=1S/C23H23N3O6/c1-2-12-26-20(24)19(21(28)25-23(26)30)18(27)14-32-22(29)16-8-10-17(11-9-16)31-13-15-6-4-3-5-7-15/h3-11H,2,12-14,24H2,1H3,(H,25,28,30). The van der Waals surface area contributed by atoms with Gasteiger partial charge in [0, 0.05) is 6.54 Å². The topological polar surface area (TPSA) is 133 Å². The number of carbonyl (C=O) groups is 2. The number of esters is 1. The van der Waals surface area contributed by atoms with Crippen LogP contribution >= 0.6 is 0 Å². The number of carbonyl (C=O) groups excluding carboxylic acids is 2. The predicted molar refractivity (Wildman–Crippen MR) is 118 cm³/mol. The highest BCUT2D eigenvalue weighted by Crippen LogP contribution is 2.15. The Balaban J connectivity index is 1.62. The number of hydrogen-bond donors (Lipinski definition) is 2. The Labute approximate surface area is 183 Å². The third-order valence-electron chi connectivity index (χ3n) is 4.64. The fourth-order valence-corrected chi connectivity index (χ4v) is 3.02. The molecule has 0 amide bonds. The molecule has 9 heteroatoms. The minimum Gasteiger partial charge on any atom is -0.489 e. The van der Waals surface area contributed by atoms with E-state index in [9.17, 15) is 19.2 Å². The Hall–Kier alpha value is -4.14. The van der Waals surface area contributed by atoms with Gasteiger partial charge in [-0.1, -0.05) is 37.3 Å². The first kappa shape index (κ1) is 22.5. The van der Waals surface area contributed by atoms with Gasteiger partial charge < -0.3 is 15.2 Å². The molecule has 0 spiro atoms. The second kappa shape index (κ2) is 10.3. The van der Waals surface area contributed by atoms with Crippen molar-refractivity contribution in [2.45, 2.75) is 26.5 Å². The van der Waals surface area contributed by atoms with E-state index in [2.05, 4.69) is 4.98 Å². The molecule has 0 aliphatic rings. The van der Waals surface area contributed by atoms with Crippen LogP contribution in [-0.4, -0.2) is 27.9 Å². The van der Waals surface area contributed by atoms with Gasteiger partial charge in [0.1, 0.15) is 23.7 Å². The molecule has 0 radical (unpaired) electrons. The minimum atomic E-state index is -0.916. The maximum absolute atomic E-state index is 12.5. The molecule has 2 aromatic carbocycles. The maximum Gasteiger partial charge on any atom is 0.338 e. The average Bonchev–Trinajstić information content (AvgIpc) is 2.79. The third kappa shape index (κ3) is 5.31. The smallest absolute Gasteiger partial charge is 0.338 e. The number of Topliss-reactive ketones (excluding diaryl/α,β-unsaturated/α-hetero) is 1. The Kier molecular flexibility index (Phi) is 7.22. The fourth-order valence-electron chi connectivity index (χ4n) is 3.02. The van der Waals surface area contributed by atoms with E-state index in [-0.39, 0.29) is 17.9 Å². The molecule has 32 heavy (non-hydrogen) atoms. The third-order valence-corrected chi connectivity index (χ3v) is 4.64. The van der Waals surface area contributed by atoms with E-state index in [1.807, 2.05) is 37.3 Å². The highest BCUT2D eigenvalue weighted by atomic mass is 16.5. The number of ether oxygens (including phenoxy) is 2. The number of benzene rings is 2. The summed E-state index contributed by atoms with van der Waals surface area (Å²) in [5.41, 5.74) is 5.04. The van der Waals surface area contributed by atoms with Crippen LogP contribution in [0.15, 0.2) is 64.2 Å². The summed E-state index contributed by atoms with van der Waals surface area (Å²) < 4.78 is 11.8. The van der Waals surface area contributed by atoms with Crippen LogP contribution in [0.4, 0.5) is 5.82 Å². The molecule has 166 valence electrons. The molecule has 0 aliphatic heterocycles. The number of anilines is 1. The summed E-state index contributed by atoms with van der Waals surface area (Å²) >= 11 is 0. The molecule has 0 saturated carbocycles. The Morgan fingerprint density at radius 3 is 2.38 bits per heavy atom. The van der Waals surface area contributed by atoms with Crippen LogP contribution in [0.25, 0.3) is 0 Å². The van der Waals surface area contributed by atoms with Crippen molar-refractivity contribution in [2.24, 2.45) is 0 Å². The zero-order valence-corrected chi connectivity index (χ0v) is 17.5. The van der Waals surface area contributed by atoms with Crippen molar-refractivity contribution < 1.29 is 19.1 Å². The number of hydrogen-bond acceptors (Lipinski definition) is 7. The largest absolute Gasteiger partial charge is 0.489 e. The van der Waals surface area contributed by atoms with Crippen LogP contribution in [0.3, 0.4) is 0 Å². The molecule has 0 unspecified atom stereocenters. The zero-order valence-electron chi connectivity index (χ0n) is 17.5. The monoisotopic (exact) mass is 437 g/mol. The quantitative estimate of drug-likeness (QED) is 0.387. The van der Waals surface area contributed by atoms with Gasteiger partial charge in [0.2, 0.25) is 5.78 Å². The number of rotatable bonds is 9. The van der Waals surface area contributed by atoms with Crippen molar-refractivity contribution in [3.05, 3.63) is 92.1 Å². The molecule has 1 heterocycles. The highest BCUT2D eigenvalue weighted by Gasteiger charge is 2.21. The molecule has 1 aromatic heterocycles. The lowest BCUT2D eigenvalue weighted by molar-refractivity contribution is 0.0474. The van der Waals surface area contributed by atoms with Crippen LogP contribution in [0, 0.1) is 0 Å². The summed E-state index contributed by atoms with van der Waals surface area (Å²) in [4.78, 5) is 50.7.